The lowest BCUT2D eigenvalue weighted by molar-refractivity contribution is -0.127. The van der Waals surface area contributed by atoms with Crippen molar-refractivity contribution in [2.24, 2.45) is 4.99 Å². The molecule has 0 aromatic heterocycles. The molecule has 0 fully saturated rings. The summed E-state index contributed by atoms with van der Waals surface area (Å²) in [4.78, 5) is 17.8. The van der Waals surface area contributed by atoms with Crippen LogP contribution in [0.15, 0.2) is 65.7 Å². The summed E-state index contributed by atoms with van der Waals surface area (Å²) in [6.45, 7) is 3.64. The second-order valence-electron chi connectivity index (χ2n) is 6.66. The maximum absolute atomic E-state index is 11.8. The van der Waals surface area contributed by atoms with E-state index in [2.05, 4.69) is 64.2 Å². The van der Waals surface area contributed by atoms with Gasteiger partial charge < -0.3 is 15.5 Å². The van der Waals surface area contributed by atoms with Gasteiger partial charge >= 0.3 is 0 Å². The molecule has 0 heterocycles. The number of nitrogens with one attached hydrogen (secondary N) is 2. The topological polar surface area (TPSA) is 56.7 Å². The highest BCUT2D eigenvalue weighted by Gasteiger charge is 2.13. The van der Waals surface area contributed by atoms with Crippen LogP contribution in [0.1, 0.15) is 24.0 Å². The zero-order valence-electron chi connectivity index (χ0n) is 16.5. The second-order valence-corrected chi connectivity index (χ2v) is 6.66. The molecule has 0 aliphatic carbocycles. The number of nitrogens with zero attached hydrogens (tertiary/aromatic N) is 2. The molecule has 0 bridgehead atoms. The minimum absolute atomic E-state index is 0.0175. The van der Waals surface area contributed by atoms with Gasteiger partial charge in [-0.2, -0.15) is 0 Å². The fraction of sp³-hybridized carbons (Fsp3) is 0.364. The average Bonchev–Trinajstić information content (AvgIpc) is 2.70. The Labute approximate surface area is 162 Å². The third-order valence-electron chi connectivity index (χ3n) is 4.33. The van der Waals surface area contributed by atoms with Crippen LogP contribution >= 0.6 is 0 Å². The van der Waals surface area contributed by atoms with Crippen molar-refractivity contribution in [2.75, 3.05) is 33.7 Å². The van der Waals surface area contributed by atoms with E-state index < -0.39 is 0 Å². The van der Waals surface area contributed by atoms with Gasteiger partial charge in [0.1, 0.15) is 6.54 Å². The van der Waals surface area contributed by atoms with E-state index >= 15 is 0 Å². The molecular formula is C22H30N4O. The number of amides is 1. The SMILES string of the molecule is CCNC(=NCC(=O)N(C)C)NCC(Cc1ccccc1)c1ccccc1. The van der Waals surface area contributed by atoms with Gasteiger partial charge in [-0.15, -0.1) is 0 Å². The summed E-state index contributed by atoms with van der Waals surface area (Å²) in [5, 5.41) is 6.62. The number of aliphatic imine (C=N–C) groups is 1. The van der Waals surface area contributed by atoms with Crippen molar-refractivity contribution in [3.8, 4) is 0 Å². The summed E-state index contributed by atoms with van der Waals surface area (Å²) in [5.74, 6) is 0.958. The first-order valence-electron chi connectivity index (χ1n) is 9.41. The van der Waals surface area contributed by atoms with E-state index in [1.165, 1.54) is 11.1 Å². The number of rotatable bonds is 8. The van der Waals surface area contributed by atoms with E-state index in [4.69, 9.17) is 0 Å². The van der Waals surface area contributed by atoms with Crippen molar-refractivity contribution in [3.05, 3.63) is 71.8 Å². The van der Waals surface area contributed by atoms with Gasteiger partial charge in [-0.05, 0) is 24.5 Å². The van der Waals surface area contributed by atoms with E-state index in [1.807, 2.05) is 19.1 Å². The second kappa shape index (κ2) is 11.0. The molecule has 2 aromatic carbocycles. The minimum atomic E-state index is -0.0175. The Bertz CT molecular complexity index is 714. The molecule has 0 aliphatic rings. The van der Waals surface area contributed by atoms with Crippen LogP contribution in [0.2, 0.25) is 0 Å². The smallest absolute Gasteiger partial charge is 0.243 e. The largest absolute Gasteiger partial charge is 0.357 e. The first-order valence-corrected chi connectivity index (χ1v) is 9.41. The third kappa shape index (κ3) is 7.13. The first-order chi connectivity index (χ1) is 13.1. The minimum Gasteiger partial charge on any atom is -0.357 e. The van der Waals surface area contributed by atoms with Crippen LogP contribution in [0, 0.1) is 0 Å². The van der Waals surface area contributed by atoms with Crippen LogP contribution in [0.25, 0.3) is 0 Å². The van der Waals surface area contributed by atoms with Crippen molar-refractivity contribution in [1.29, 1.82) is 0 Å². The van der Waals surface area contributed by atoms with Crippen molar-refractivity contribution in [1.82, 2.24) is 15.5 Å². The fourth-order valence-electron chi connectivity index (χ4n) is 2.78. The van der Waals surface area contributed by atoms with Crippen molar-refractivity contribution in [3.63, 3.8) is 0 Å². The molecule has 2 aromatic rings. The van der Waals surface area contributed by atoms with Gasteiger partial charge in [-0.25, -0.2) is 4.99 Å². The zero-order chi connectivity index (χ0) is 19.5. The van der Waals surface area contributed by atoms with Gasteiger partial charge in [-0.1, -0.05) is 60.7 Å². The summed E-state index contributed by atoms with van der Waals surface area (Å²) in [6.07, 6.45) is 0.938. The van der Waals surface area contributed by atoms with Crippen LogP contribution < -0.4 is 10.6 Å². The molecule has 2 N–H and O–H groups in total. The molecule has 0 saturated carbocycles. The molecule has 27 heavy (non-hydrogen) atoms. The van der Waals surface area contributed by atoms with Gasteiger partial charge in [0.05, 0.1) is 0 Å². The van der Waals surface area contributed by atoms with Gasteiger partial charge in [0.2, 0.25) is 5.91 Å². The van der Waals surface area contributed by atoms with Gasteiger partial charge in [-0.3, -0.25) is 4.79 Å². The number of carbonyl (C=O) groups is 1. The molecule has 1 atom stereocenters. The summed E-state index contributed by atoms with van der Waals surface area (Å²) in [6, 6.07) is 21.0. The van der Waals surface area contributed by atoms with Crippen LogP contribution in [0.5, 0.6) is 0 Å². The van der Waals surface area contributed by atoms with Crippen LogP contribution in [0.3, 0.4) is 0 Å². The monoisotopic (exact) mass is 366 g/mol. The van der Waals surface area contributed by atoms with Crippen LogP contribution in [-0.4, -0.2) is 50.5 Å². The molecule has 0 spiro atoms. The van der Waals surface area contributed by atoms with Crippen LogP contribution in [-0.2, 0) is 11.2 Å². The van der Waals surface area contributed by atoms with Crippen molar-refractivity contribution in [2.45, 2.75) is 19.3 Å². The maximum atomic E-state index is 11.8. The van der Waals surface area contributed by atoms with Crippen molar-refractivity contribution < 1.29 is 4.79 Å². The molecular weight excluding hydrogens is 336 g/mol. The van der Waals surface area contributed by atoms with E-state index in [9.17, 15) is 4.79 Å². The van der Waals surface area contributed by atoms with E-state index in [0.717, 1.165) is 19.5 Å². The molecule has 1 amide bonds. The fourth-order valence-corrected chi connectivity index (χ4v) is 2.78. The molecule has 0 saturated heterocycles. The Balaban J connectivity index is 2.08. The quantitative estimate of drug-likeness (QED) is 0.558. The number of carbonyl (C=O) groups excluding carboxylic acids is 1. The average molecular weight is 367 g/mol. The highest BCUT2D eigenvalue weighted by molar-refractivity contribution is 5.84. The molecule has 0 radical (unpaired) electrons. The Kier molecular flexibility index (Phi) is 8.36. The Hall–Kier alpha value is -2.82. The number of likely N-dealkylation sites (N-methyl/N-ethyl adjacent to an activating group) is 1. The Morgan fingerprint density at radius 1 is 1.00 bits per heavy atom. The normalized spacial score (nSPS) is 12.3. The number of hydrogen-bond donors (Lipinski definition) is 2. The molecule has 0 aliphatic heterocycles. The predicted octanol–water partition coefficient (Wildman–Crippen LogP) is 2.66. The van der Waals surface area contributed by atoms with Crippen LogP contribution in [0.4, 0.5) is 0 Å². The molecule has 1 unspecified atom stereocenters. The number of hydrogen-bond acceptors (Lipinski definition) is 2. The Morgan fingerprint density at radius 3 is 2.22 bits per heavy atom. The lowest BCUT2D eigenvalue weighted by Gasteiger charge is -2.20. The third-order valence-corrected chi connectivity index (χ3v) is 4.33. The van der Waals surface area contributed by atoms with E-state index in [-0.39, 0.29) is 12.5 Å². The lowest BCUT2D eigenvalue weighted by Crippen LogP contribution is -2.40. The predicted molar refractivity (Wildman–Crippen MR) is 112 cm³/mol. The maximum Gasteiger partial charge on any atom is 0.243 e. The Morgan fingerprint density at radius 2 is 1.63 bits per heavy atom. The zero-order valence-corrected chi connectivity index (χ0v) is 16.5. The number of guanidine groups is 1. The molecule has 5 nitrogen and oxygen atoms in total. The highest BCUT2D eigenvalue weighted by atomic mass is 16.2. The molecule has 5 heteroatoms. The van der Waals surface area contributed by atoms with Gasteiger partial charge in [0.25, 0.3) is 0 Å². The molecule has 144 valence electrons. The first kappa shape index (κ1) is 20.5. The summed E-state index contributed by atoms with van der Waals surface area (Å²) in [7, 11) is 3.48. The van der Waals surface area contributed by atoms with E-state index in [0.29, 0.717) is 11.9 Å². The lowest BCUT2D eigenvalue weighted by atomic mass is 9.92. The van der Waals surface area contributed by atoms with Gasteiger partial charge in [0, 0.05) is 33.1 Å². The standard InChI is InChI=1S/C22H30N4O/c1-4-23-22(25-17-21(27)26(2)3)24-16-20(19-13-9-6-10-14-19)15-18-11-7-5-8-12-18/h5-14,20H,4,15-17H2,1-3H3,(H2,23,24,25). The molecule has 2 rings (SSSR count). The van der Waals surface area contributed by atoms with E-state index in [1.54, 1.807) is 19.0 Å². The van der Waals surface area contributed by atoms with Gasteiger partial charge in [0.15, 0.2) is 5.96 Å². The summed E-state index contributed by atoms with van der Waals surface area (Å²) < 4.78 is 0. The highest BCUT2D eigenvalue weighted by Crippen LogP contribution is 2.20. The number of benzene rings is 2. The summed E-state index contributed by atoms with van der Waals surface area (Å²) >= 11 is 0. The van der Waals surface area contributed by atoms with Crippen molar-refractivity contribution >= 4 is 11.9 Å². The summed E-state index contributed by atoms with van der Waals surface area (Å²) in [5.41, 5.74) is 2.59.